The molecule has 0 unspecified atom stereocenters. The van der Waals surface area contributed by atoms with Crippen molar-refractivity contribution in [1.29, 1.82) is 0 Å². The lowest BCUT2D eigenvalue weighted by Crippen LogP contribution is -1.93. The van der Waals surface area contributed by atoms with Crippen molar-refractivity contribution in [2.45, 2.75) is 13.8 Å². The summed E-state index contributed by atoms with van der Waals surface area (Å²) in [7, 11) is 0. The smallest absolute Gasteiger partial charge is 0.213 e. The molecule has 16 heavy (non-hydrogen) atoms. The lowest BCUT2D eigenvalue weighted by Gasteiger charge is -2.02. The molecule has 1 N–H and O–H groups in total. The Hall–Kier alpha value is -0.840. The van der Waals surface area contributed by atoms with Crippen LogP contribution >= 0.6 is 35.4 Å². The summed E-state index contributed by atoms with van der Waals surface area (Å²) in [6, 6.07) is 5.27. The van der Waals surface area contributed by atoms with Gasteiger partial charge in [0.25, 0.3) is 0 Å². The number of nitrogens with zero attached hydrogens (tertiary/aromatic N) is 2. The Morgan fingerprint density at radius 2 is 1.94 bits per heavy atom. The van der Waals surface area contributed by atoms with Gasteiger partial charge in [0, 0.05) is 0 Å². The highest BCUT2D eigenvalue weighted by Crippen LogP contribution is 2.23. The average Bonchev–Trinajstić information content (AvgIpc) is 2.72. The first-order valence-electron chi connectivity index (χ1n) is 4.76. The summed E-state index contributed by atoms with van der Waals surface area (Å²) in [6.07, 6.45) is 1.59. The molecule has 3 nitrogen and oxygen atoms in total. The molecular formula is C10H11Cl2N3S. The molecule has 1 heterocycles. The van der Waals surface area contributed by atoms with E-state index >= 15 is 0 Å². The number of hydrogen-bond donors (Lipinski definition) is 1. The molecule has 1 aromatic heterocycles. The highest BCUT2D eigenvalue weighted by Gasteiger charge is 2.00. The summed E-state index contributed by atoms with van der Waals surface area (Å²) in [5, 5.41) is 3.88. The Morgan fingerprint density at radius 1 is 1.25 bits per heavy atom. The number of benzene rings is 1. The van der Waals surface area contributed by atoms with Gasteiger partial charge in [0.15, 0.2) is 0 Å². The van der Waals surface area contributed by atoms with E-state index in [0.29, 0.717) is 14.8 Å². The quantitative estimate of drug-likeness (QED) is 0.789. The third-order valence-corrected chi connectivity index (χ3v) is 2.62. The second kappa shape index (κ2) is 6.03. The summed E-state index contributed by atoms with van der Waals surface area (Å²) in [6.45, 7) is 4.00. The van der Waals surface area contributed by atoms with Crippen LogP contribution in [0.2, 0.25) is 10.0 Å². The zero-order valence-corrected chi connectivity index (χ0v) is 11.2. The fourth-order valence-electron chi connectivity index (χ4n) is 1.04. The molecule has 0 spiro atoms. The topological polar surface area (TPSA) is 33.6 Å². The first-order chi connectivity index (χ1) is 7.66. The minimum Gasteiger partial charge on any atom is -0.267 e. The largest absolute Gasteiger partial charge is 0.267 e. The van der Waals surface area contributed by atoms with Gasteiger partial charge >= 0.3 is 0 Å². The molecule has 2 rings (SSSR count). The van der Waals surface area contributed by atoms with Gasteiger partial charge in [0.1, 0.15) is 6.33 Å². The molecule has 86 valence electrons. The van der Waals surface area contributed by atoms with Crippen molar-refractivity contribution in [3.8, 4) is 5.69 Å². The Morgan fingerprint density at radius 3 is 2.44 bits per heavy atom. The molecule has 2 aromatic rings. The molecule has 0 saturated heterocycles. The van der Waals surface area contributed by atoms with Gasteiger partial charge in [0.2, 0.25) is 4.77 Å². The molecule has 0 aliphatic carbocycles. The normalized spacial score (nSPS) is 9.50. The number of aromatic nitrogens is 3. The SMILES string of the molecule is CC.S=c1ncn(-c2ccc(Cl)c(Cl)c2)[nH]1. The summed E-state index contributed by atoms with van der Waals surface area (Å²) >= 11 is 16.5. The molecule has 6 heteroatoms. The standard InChI is InChI=1S/C8H5Cl2N3S.C2H6/c9-6-2-1-5(3-7(6)10)13-4-11-8(14)12-13;1-2/h1-4H,(H,12,14);1-2H3. The van der Waals surface area contributed by atoms with Crippen LogP contribution in [0.3, 0.4) is 0 Å². The maximum absolute atomic E-state index is 5.86. The Bertz CT molecular complexity index is 519. The number of halogens is 2. The zero-order chi connectivity index (χ0) is 12.1. The van der Waals surface area contributed by atoms with Crippen LogP contribution in [0.25, 0.3) is 5.69 Å². The molecule has 1 aromatic carbocycles. The van der Waals surface area contributed by atoms with E-state index in [2.05, 4.69) is 10.1 Å². The number of H-pyrrole nitrogens is 1. The number of aromatic amines is 1. The monoisotopic (exact) mass is 275 g/mol. The van der Waals surface area contributed by atoms with Gasteiger partial charge < -0.3 is 0 Å². The summed E-state index contributed by atoms with van der Waals surface area (Å²) in [5.74, 6) is 0. The highest BCUT2D eigenvalue weighted by molar-refractivity contribution is 7.71. The van der Waals surface area contributed by atoms with Gasteiger partial charge in [-0.2, -0.15) is 0 Å². The molecule has 0 amide bonds. The fourth-order valence-corrected chi connectivity index (χ4v) is 1.47. The first-order valence-corrected chi connectivity index (χ1v) is 5.92. The van der Waals surface area contributed by atoms with E-state index in [9.17, 15) is 0 Å². The van der Waals surface area contributed by atoms with E-state index in [4.69, 9.17) is 35.4 Å². The van der Waals surface area contributed by atoms with Gasteiger partial charge in [0.05, 0.1) is 15.7 Å². The number of nitrogens with one attached hydrogen (secondary N) is 1. The van der Waals surface area contributed by atoms with E-state index in [1.165, 1.54) is 0 Å². The minimum absolute atomic E-state index is 0.427. The predicted molar refractivity (Wildman–Crippen MR) is 70.1 cm³/mol. The fraction of sp³-hybridized carbons (Fsp3) is 0.200. The number of rotatable bonds is 1. The van der Waals surface area contributed by atoms with Crippen molar-refractivity contribution in [1.82, 2.24) is 14.8 Å². The Labute approximate surface area is 109 Å². The number of hydrogen-bond acceptors (Lipinski definition) is 2. The van der Waals surface area contributed by atoms with Gasteiger partial charge in [-0.05, 0) is 30.4 Å². The second-order valence-corrected chi connectivity index (χ2v) is 3.83. The van der Waals surface area contributed by atoms with Crippen LogP contribution in [0.1, 0.15) is 13.8 Å². The summed E-state index contributed by atoms with van der Waals surface area (Å²) in [4.78, 5) is 3.89. The summed E-state index contributed by atoms with van der Waals surface area (Å²) in [5.41, 5.74) is 0.836. The van der Waals surface area contributed by atoms with Crippen LogP contribution in [-0.2, 0) is 0 Å². The van der Waals surface area contributed by atoms with E-state index in [-0.39, 0.29) is 0 Å². The van der Waals surface area contributed by atoms with Crippen LogP contribution in [0.4, 0.5) is 0 Å². The molecule has 0 bridgehead atoms. The van der Waals surface area contributed by atoms with E-state index in [1.807, 2.05) is 19.9 Å². The molecule has 0 atom stereocenters. The van der Waals surface area contributed by atoms with Crippen molar-refractivity contribution < 1.29 is 0 Å². The van der Waals surface area contributed by atoms with E-state index in [0.717, 1.165) is 5.69 Å². The Balaban J connectivity index is 0.000000606. The molecule has 0 fully saturated rings. The molecular weight excluding hydrogens is 265 g/mol. The van der Waals surface area contributed by atoms with E-state index < -0.39 is 0 Å². The minimum atomic E-state index is 0.427. The van der Waals surface area contributed by atoms with Crippen LogP contribution in [0.5, 0.6) is 0 Å². The van der Waals surface area contributed by atoms with Crippen molar-refractivity contribution in [2.24, 2.45) is 0 Å². The third-order valence-electron chi connectivity index (χ3n) is 1.69. The van der Waals surface area contributed by atoms with Gasteiger partial charge in [-0.1, -0.05) is 37.0 Å². The van der Waals surface area contributed by atoms with Crippen LogP contribution in [0.15, 0.2) is 24.5 Å². The predicted octanol–water partition coefficient (Wildman–Crippen LogP) is 4.26. The van der Waals surface area contributed by atoms with Crippen molar-refractivity contribution in [2.75, 3.05) is 0 Å². The highest BCUT2D eigenvalue weighted by atomic mass is 35.5. The van der Waals surface area contributed by atoms with Gasteiger partial charge in [-0.3, -0.25) is 5.10 Å². The maximum Gasteiger partial charge on any atom is 0.213 e. The second-order valence-electron chi connectivity index (χ2n) is 2.63. The molecule has 0 aliphatic heterocycles. The van der Waals surface area contributed by atoms with Crippen molar-refractivity contribution in [3.63, 3.8) is 0 Å². The average molecular weight is 276 g/mol. The maximum atomic E-state index is 5.86. The lowest BCUT2D eigenvalue weighted by molar-refractivity contribution is 0.874. The Kier molecular flexibility index (Phi) is 4.99. The molecule has 0 aliphatic rings. The van der Waals surface area contributed by atoms with Crippen LogP contribution in [0, 0.1) is 4.77 Å². The zero-order valence-electron chi connectivity index (χ0n) is 8.87. The first kappa shape index (κ1) is 13.2. The van der Waals surface area contributed by atoms with Gasteiger partial charge in [-0.25, -0.2) is 9.67 Å². The lowest BCUT2D eigenvalue weighted by atomic mass is 10.3. The van der Waals surface area contributed by atoms with Gasteiger partial charge in [-0.15, -0.1) is 0 Å². The van der Waals surface area contributed by atoms with Crippen LogP contribution in [-0.4, -0.2) is 14.8 Å². The summed E-state index contributed by atoms with van der Waals surface area (Å²) < 4.78 is 2.10. The molecule has 0 saturated carbocycles. The van der Waals surface area contributed by atoms with Crippen LogP contribution < -0.4 is 0 Å². The van der Waals surface area contributed by atoms with Crippen molar-refractivity contribution in [3.05, 3.63) is 39.3 Å². The molecule has 0 radical (unpaired) electrons. The van der Waals surface area contributed by atoms with Crippen molar-refractivity contribution >= 4 is 35.4 Å². The third kappa shape index (κ3) is 3.07. The van der Waals surface area contributed by atoms with E-state index in [1.54, 1.807) is 23.1 Å².